The molecule has 2 amide bonds. The van der Waals surface area contributed by atoms with Gasteiger partial charge in [-0.15, -0.1) is 0 Å². The van der Waals surface area contributed by atoms with E-state index in [0.29, 0.717) is 42.6 Å². The number of hydrogen-bond acceptors (Lipinski definition) is 7. The first-order chi connectivity index (χ1) is 18.6. The third-order valence-corrected chi connectivity index (χ3v) is 6.86. The van der Waals surface area contributed by atoms with E-state index in [4.69, 9.17) is 14.3 Å². The van der Waals surface area contributed by atoms with Crippen molar-refractivity contribution in [2.24, 2.45) is 5.92 Å². The lowest BCUT2D eigenvalue weighted by molar-refractivity contribution is 0.0342. The molecular formula is C28H33N5O5. The Morgan fingerprint density at radius 3 is 2.39 bits per heavy atom. The van der Waals surface area contributed by atoms with Crippen molar-refractivity contribution in [2.75, 3.05) is 51.3 Å². The highest BCUT2D eigenvalue weighted by Gasteiger charge is 2.25. The summed E-state index contributed by atoms with van der Waals surface area (Å²) in [5.41, 5.74) is 2.39. The highest BCUT2D eigenvalue weighted by molar-refractivity contribution is 6.04. The minimum atomic E-state index is -0.368. The van der Waals surface area contributed by atoms with Crippen LogP contribution < -0.4 is 14.9 Å². The first-order valence-electron chi connectivity index (χ1n) is 13.0. The van der Waals surface area contributed by atoms with Crippen molar-refractivity contribution in [1.82, 2.24) is 19.5 Å². The predicted molar refractivity (Wildman–Crippen MR) is 141 cm³/mol. The Morgan fingerprint density at radius 2 is 1.71 bits per heavy atom. The van der Waals surface area contributed by atoms with Crippen molar-refractivity contribution in [3.05, 3.63) is 78.4 Å². The molecule has 3 heterocycles. The van der Waals surface area contributed by atoms with Crippen LogP contribution in [0.15, 0.2) is 67.3 Å². The highest BCUT2D eigenvalue weighted by atomic mass is 16.7. The van der Waals surface area contributed by atoms with Crippen molar-refractivity contribution < 1.29 is 23.9 Å². The molecule has 200 valence electrons. The average molecular weight is 520 g/mol. The Kier molecular flexibility index (Phi) is 8.52. The van der Waals surface area contributed by atoms with Crippen molar-refractivity contribution >= 4 is 17.7 Å². The molecular weight excluding hydrogens is 486 g/mol. The van der Waals surface area contributed by atoms with Gasteiger partial charge in [0.05, 0.1) is 19.4 Å². The molecule has 2 saturated heterocycles. The summed E-state index contributed by atoms with van der Waals surface area (Å²) in [6, 6.07) is 14.5. The molecule has 5 rings (SSSR count). The average Bonchev–Trinajstić information content (AvgIpc) is 3.48. The summed E-state index contributed by atoms with van der Waals surface area (Å²) in [7, 11) is 0. The quantitative estimate of drug-likeness (QED) is 0.488. The van der Waals surface area contributed by atoms with Gasteiger partial charge in [-0.3, -0.25) is 9.69 Å². The first-order valence-corrected chi connectivity index (χ1v) is 13.0. The van der Waals surface area contributed by atoms with Crippen LogP contribution in [-0.4, -0.2) is 77.5 Å². The minimum Gasteiger partial charge on any atom is -0.413 e. The Labute approximate surface area is 222 Å². The van der Waals surface area contributed by atoms with Gasteiger partial charge in [0.1, 0.15) is 18.7 Å². The van der Waals surface area contributed by atoms with Gasteiger partial charge < -0.3 is 24.5 Å². The number of nitrogens with one attached hydrogen (secondary N) is 1. The number of amides is 2. The number of anilines is 1. The zero-order valence-corrected chi connectivity index (χ0v) is 21.3. The van der Waals surface area contributed by atoms with E-state index >= 15 is 0 Å². The second-order valence-corrected chi connectivity index (χ2v) is 9.58. The van der Waals surface area contributed by atoms with E-state index in [2.05, 4.69) is 15.2 Å². The van der Waals surface area contributed by atoms with Gasteiger partial charge in [0.15, 0.2) is 0 Å². The van der Waals surface area contributed by atoms with Gasteiger partial charge in [0.25, 0.3) is 5.91 Å². The molecule has 0 spiro atoms. The van der Waals surface area contributed by atoms with Gasteiger partial charge >= 0.3 is 6.09 Å². The molecule has 0 saturated carbocycles. The number of benzene rings is 2. The fourth-order valence-corrected chi connectivity index (χ4v) is 4.55. The van der Waals surface area contributed by atoms with Crippen LogP contribution in [0.5, 0.6) is 5.75 Å². The number of carbonyl (C=O) groups is 2. The number of imidazole rings is 1. The molecule has 0 atom stereocenters. The Hall–Kier alpha value is -3.89. The molecule has 1 aromatic heterocycles. The maximum absolute atomic E-state index is 12.7. The van der Waals surface area contributed by atoms with Crippen LogP contribution in [-0.2, 0) is 11.3 Å². The lowest BCUT2D eigenvalue weighted by Gasteiger charge is -2.30. The van der Waals surface area contributed by atoms with E-state index in [1.165, 1.54) is 5.56 Å². The molecule has 2 aliphatic heterocycles. The Balaban J connectivity index is 1.05. The fourth-order valence-electron chi connectivity index (χ4n) is 4.55. The number of ether oxygens (including phenoxy) is 2. The van der Waals surface area contributed by atoms with Crippen LogP contribution in [0.25, 0.3) is 0 Å². The lowest BCUT2D eigenvalue weighted by atomic mass is 9.98. The van der Waals surface area contributed by atoms with E-state index in [1.807, 2.05) is 24.3 Å². The lowest BCUT2D eigenvalue weighted by Crippen LogP contribution is -2.41. The van der Waals surface area contributed by atoms with E-state index < -0.39 is 0 Å². The summed E-state index contributed by atoms with van der Waals surface area (Å²) >= 11 is 0. The predicted octanol–water partition coefficient (Wildman–Crippen LogP) is 3.31. The topological polar surface area (TPSA) is 98.2 Å². The molecule has 0 aliphatic carbocycles. The summed E-state index contributed by atoms with van der Waals surface area (Å²) in [6.07, 6.45) is 6.38. The monoisotopic (exact) mass is 519 g/mol. The van der Waals surface area contributed by atoms with Crippen LogP contribution >= 0.6 is 0 Å². The van der Waals surface area contributed by atoms with Crippen LogP contribution in [0.2, 0.25) is 0 Å². The number of carbonyl (C=O) groups excluding carboxylic acids is 2. The summed E-state index contributed by atoms with van der Waals surface area (Å²) in [5.74, 6) is 0.629. The smallest absolute Gasteiger partial charge is 0.413 e. The van der Waals surface area contributed by atoms with Gasteiger partial charge in [-0.05, 0) is 60.7 Å². The van der Waals surface area contributed by atoms with Crippen LogP contribution in [0, 0.1) is 5.92 Å². The normalized spacial score (nSPS) is 16.7. The zero-order valence-electron chi connectivity index (χ0n) is 21.3. The number of rotatable bonds is 8. The van der Waals surface area contributed by atoms with Crippen LogP contribution in [0.1, 0.15) is 28.8 Å². The van der Waals surface area contributed by atoms with Crippen molar-refractivity contribution in [3.8, 4) is 5.75 Å². The molecule has 38 heavy (non-hydrogen) atoms. The molecule has 0 radical (unpaired) electrons. The molecule has 2 fully saturated rings. The zero-order chi connectivity index (χ0) is 26.2. The van der Waals surface area contributed by atoms with Gasteiger partial charge in [0, 0.05) is 50.2 Å². The number of nitrogens with zero attached hydrogens (tertiary/aromatic N) is 4. The minimum absolute atomic E-state index is 0.187. The Bertz CT molecular complexity index is 1170. The van der Waals surface area contributed by atoms with Crippen molar-refractivity contribution in [1.29, 1.82) is 0 Å². The van der Waals surface area contributed by atoms with Crippen LogP contribution in [0.4, 0.5) is 10.5 Å². The van der Waals surface area contributed by atoms with Crippen molar-refractivity contribution in [3.63, 3.8) is 0 Å². The molecule has 3 aromatic rings. The van der Waals surface area contributed by atoms with Gasteiger partial charge in [-0.2, -0.15) is 4.73 Å². The second-order valence-electron chi connectivity index (χ2n) is 9.58. The summed E-state index contributed by atoms with van der Waals surface area (Å²) < 4.78 is 12.5. The van der Waals surface area contributed by atoms with E-state index in [-0.39, 0.29) is 12.0 Å². The number of piperidine rings is 1. The standard InChI is InChI=1S/C28H33N5O5/c34-27(24-3-1-22(2-4-24)19-31-15-17-36-18-16-31)30-25-5-7-26(8-6-25)38-28(35)32-12-9-23(10-13-32)20-37-33-14-11-29-21-33/h1-8,11,14,21,23H,9-10,12-13,15-20H2,(H,30,34). The maximum Gasteiger partial charge on any atom is 0.415 e. The molecule has 1 N–H and O–H groups in total. The highest BCUT2D eigenvalue weighted by Crippen LogP contribution is 2.21. The SMILES string of the molecule is O=C(Nc1ccc(OC(=O)N2CCC(COn3ccnc3)CC2)cc1)c1ccc(CN2CCOCC2)cc1. The molecule has 2 aliphatic rings. The largest absolute Gasteiger partial charge is 0.415 e. The summed E-state index contributed by atoms with van der Waals surface area (Å²) in [4.78, 5) is 39.0. The first kappa shape index (κ1) is 25.7. The third-order valence-electron chi connectivity index (χ3n) is 6.86. The van der Waals surface area contributed by atoms with E-state index in [9.17, 15) is 9.59 Å². The molecule has 0 bridgehead atoms. The summed E-state index contributed by atoms with van der Waals surface area (Å²) in [6.45, 7) is 6.06. The molecule has 0 unspecified atom stereocenters. The molecule has 2 aromatic carbocycles. The van der Waals surface area contributed by atoms with Crippen LogP contribution in [0.3, 0.4) is 0 Å². The van der Waals surface area contributed by atoms with E-state index in [1.54, 1.807) is 52.6 Å². The number of likely N-dealkylation sites (tertiary alicyclic amines) is 1. The van der Waals surface area contributed by atoms with Crippen molar-refractivity contribution in [2.45, 2.75) is 19.4 Å². The molecule has 10 nitrogen and oxygen atoms in total. The van der Waals surface area contributed by atoms with Gasteiger partial charge in [0.2, 0.25) is 0 Å². The van der Waals surface area contributed by atoms with Gasteiger partial charge in [-0.25, -0.2) is 9.78 Å². The third kappa shape index (κ3) is 7.11. The Morgan fingerprint density at radius 1 is 0.974 bits per heavy atom. The van der Waals surface area contributed by atoms with E-state index in [0.717, 1.165) is 45.7 Å². The number of hydrogen-bond donors (Lipinski definition) is 1. The fraction of sp³-hybridized carbons (Fsp3) is 0.393. The summed E-state index contributed by atoms with van der Waals surface area (Å²) in [5, 5.41) is 2.90. The second kappa shape index (κ2) is 12.6. The molecule has 10 heteroatoms. The number of aromatic nitrogens is 2. The maximum atomic E-state index is 12.7. The number of morpholine rings is 1. The van der Waals surface area contributed by atoms with Gasteiger partial charge in [-0.1, -0.05) is 12.1 Å².